The first-order valence-corrected chi connectivity index (χ1v) is 9.90. The maximum Gasteiger partial charge on any atom is 0.252 e. The van der Waals surface area contributed by atoms with E-state index < -0.39 is 23.6 Å². The van der Waals surface area contributed by atoms with E-state index >= 15 is 0 Å². The van der Waals surface area contributed by atoms with Gasteiger partial charge in [0, 0.05) is 18.3 Å². The van der Waals surface area contributed by atoms with E-state index in [2.05, 4.69) is 4.90 Å². The molecule has 1 amide bonds. The number of halogens is 2. The number of aliphatic hydroxyl groups is 1. The van der Waals surface area contributed by atoms with Crippen LogP contribution >= 0.6 is 0 Å². The largest absolute Gasteiger partial charge is 0.496 e. The van der Waals surface area contributed by atoms with Gasteiger partial charge in [0.25, 0.3) is 5.91 Å². The Bertz CT molecular complexity index is 915. The summed E-state index contributed by atoms with van der Waals surface area (Å²) in [7, 11) is 1.46. The highest BCUT2D eigenvalue weighted by Gasteiger charge is 2.24. The van der Waals surface area contributed by atoms with Crippen LogP contribution in [0, 0.1) is 17.6 Å². The number of piperidine rings is 1. The average molecular weight is 419 g/mol. The Kier molecular flexibility index (Phi) is 6.89. The molecule has 1 aliphatic heterocycles. The molecule has 0 saturated carbocycles. The van der Waals surface area contributed by atoms with Gasteiger partial charge in [-0.25, -0.2) is 8.78 Å². The second-order valence-electron chi connectivity index (χ2n) is 7.75. The molecule has 162 valence electrons. The minimum Gasteiger partial charge on any atom is -0.496 e. The number of β-amino-alcohol motifs (C(OH)–C–C–N with tert-alkyl or cyclic N) is 1. The van der Waals surface area contributed by atoms with Gasteiger partial charge in [0.1, 0.15) is 5.75 Å². The van der Waals surface area contributed by atoms with Crippen molar-refractivity contribution < 1.29 is 23.4 Å². The SMILES string of the molecule is COc1cc(N)c(CC2CCN(CC(O)c3ccc(F)c(F)c3)CC2)cc1C(N)=O. The summed E-state index contributed by atoms with van der Waals surface area (Å²) < 4.78 is 31.6. The number of hydrogen-bond donors (Lipinski definition) is 3. The molecule has 0 spiro atoms. The number of primary amides is 1. The highest BCUT2D eigenvalue weighted by Crippen LogP contribution is 2.30. The van der Waals surface area contributed by atoms with E-state index in [0.717, 1.165) is 50.0 Å². The number of carbonyl (C=O) groups is 1. The molecule has 5 N–H and O–H groups in total. The van der Waals surface area contributed by atoms with E-state index in [1.54, 1.807) is 12.1 Å². The summed E-state index contributed by atoms with van der Waals surface area (Å²) in [5, 5.41) is 10.4. The van der Waals surface area contributed by atoms with Gasteiger partial charge >= 0.3 is 0 Å². The Hall–Kier alpha value is -2.71. The molecular formula is C22H27F2N3O3. The summed E-state index contributed by atoms with van der Waals surface area (Å²) in [6.07, 6.45) is 1.62. The topological polar surface area (TPSA) is 102 Å². The normalized spacial score (nSPS) is 16.4. The Morgan fingerprint density at radius 2 is 1.93 bits per heavy atom. The van der Waals surface area contributed by atoms with Gasteiger partial charge in [-0.05, 0) is 67.6 Å². The Labute approximate surface area is 174 Å². The first-order valence-electron chi connectivity index (χ1n) is 9.90. The number of nitrogens with zero attached hydrogens (tertiary/aromatic N) is 1. The lowest BCUT2D eigenvalue weighted by molar-refractivity contribution is 0.0890. The first kappa shape index (κ1) is 22.0. The zero-order valence-corrected chi connectivity index (χ0v) is 16.9. The fourth-order valence-corrected chi connectivity index (χ4v) is 3.93. The maximum atomic E-state index is 13.4. The van der Waals surface area contributed by atoms with E-state index in [9.17, 15) is 18.7 Å². The minimum absolute atomic E-state index is 0.314. The highest BCUT2D eigenvalue weighted by atomic mass is 19.2. The number of anilines is 1. The molecule has 0 radical (unpaired) electrons. The monoisotopic (exact) mass is 419 g/mol. The third kappa shape index (κ3) is 5.06. The zero-order valence-electron chi connectivity index (χ0n) is 16.9. The summed E-state index contributed by atoms with van der Waals surface area (Å²) >= 11 is 0. The van der Waals surface area contributed by atoms with E-state index in [1.807, 2.05) is 0 Å². The average Bonchev–Trinajstić information content (AvgIpc) is 2.72. The van der Waals surface area contributed by atoms with Crippen molar-refractivity contribution in [3.05, 3.63) is 58.7 Å². The molecule has 3 rings (SSSR count). The summed E-state index contributed by atoms with van der Waals surface area (Å²) in [5.41, 5.74) is 13.7. The van der Waals surface area contributed by atoms with Gasteiger partial charge in [0.15, 0.2) is 11.6 Å². The van der Waals surface area contributed by atoms with Crippen molar-refractivity contribution in [1.29, 1.82) is 0 Å². The van der Waals surface area contributed by atoms with E-state index in [1.165, 1.54) is 13.2 Å². The molecular weight excluding hydrogens is 392 g/mol. The molecule has 0 aliphatic carbocycles. The number of methoxy groups -OCH3 is 1. The molecule has 0 bridgehead atoms. The summed E-state index contributed by atoms with van der Waals surface area (Å²) in [4.78, 5) is 13.8. The predicted molar refractivity (Wildman–Crippen MR) is 110 cm³/mol. The van der Waals surface area contributed by atoms with Crippen molar-refractivity contribution in [3.8, 4) is 5.75 Å². The van der Waals surface area contributed by atoms with Crippen LogP contribution in [0.4, 0.5) is 14.5 Å². The molecule has 0 aromatic heterocycles. The minimum atomic E-state index is -0.960. The number of hydrogen-bond acceptors (Lipinski definition) is 5. The molecule has 1 aliphatic rings. The lowest BCUT2D eigenvalue weighted by atomic mass is 9.88. The molecule has 8 heteroatoms. The molecule has 1 saturated heterocycles. The second-order valence-corrected chi connectivity index (χ2v) is 7.75. The lowest BCUT2D eigenvalue weighted by Gasteiger charge is -2.33. The molecule has 6 nitrogen and oxygen atoms in total. The molecule has 30 heavy (non-hydrogen) atoms. The van der Waals surface area contributed by atoms with Crippen LogP contribution in [0.1, 0.15) is 40.4 Å². The number of carbonyl (C=O) groups excluding carboxylic acids is 1. The van der Waals surface area contributed by atoms with E-state index in [4.69, 9.17) is 16.2 Å². The molecule has 2 aromatic carbocycles. The molecule has 1 heterocycles. The van der Waals surface area contributed by atoms with Crippen molar-refractivity contribution in [1.82, 2.24) is 4.90 Å². The number of ether oxygens (including phenoxy) is 1. The van der Waals surface area contributed by atoms with Gasteiger partial charge in [-0.2, -0.15) is 0 Å². The maximum absolute atomic E-state index is 13.4. The summed E-state index contributed by atoms with van der Waals surface area (Å²) in [6.45, 7) is 1.89. The van der Waals surface area contributed by atoms with Gasteiger partial charge < -0.3 is 26.2 Å². The molecule has 2 aromatic rings. The number of amides is 1. The van der Waals surface area contributed by atoms with Gasteiger partial charge in [-0.3, -0.25) is 4.79 Å². The summed E-state index contributed by atoms with van der Waals surface area (Å²) in [5.74, 6) is -1.71. The van der Waals surface area contributed by atoms with Crippen molar-refractivity contribution >= 4 is 11.6 Å². The van der Waals surface area contributed by atoms with Crippen LogP contribution in [0.2, 0.25) is 0 Å². The standard InChI is InChI=1S/C22H27F2N3O3/c1-30-21-11-19(25)15(9-16(21)22(26)29)8-13-4-6-27(7-5-13)12-20(28)14-2-3-17(23)18(24)10-14/h2-3,9-11,13,20,28H,4-8,12,25H2,1H3,(H2,26,29). The molecule has 1 fully saturated rings. The Morgan fingerprint density at radius 1 is 1.23 bits per heavy atom. The predicted octanol–water partition coefficient (Wildman–Crippen LogP) is 2.64. The second kappa shape index (κ2) is 9.40. The molecule has 1 unspecified atom stereocenters. The van der Waals surface area contributed by atoms with Crippen LogP contribution in [-0.2, 0) is 6.42 Å². The number of nitrogens with two attached hydrogens (primary N) is 2. The Balaban J connectivity index is 1.57. The Morgan fingerprint density at radius 3 is 2.53 bits per heavy atom. The van der Waals surface area contributed by atoms with E-state index in [0.29, 0.717) is 35.0 Å². The van der Waals surface area contributed by atoms with Gasteiger partial charge in [0.2, 0.25) is 0 Å². The number of aliphatic hydroxyl groups excluding tert-OH is 1. The third-order valence-electron chi connectivity index (χ3n) is 5.70. The van der Waals surface area contributed by atoms with Gasteiger partial charge in [-0.1, -0.05) is 6.07 Å². The van der Waals surface area contributed by atoms with Crippen LogP contribution in [-0.4, -0.2) is 42.7 Å². The van der Waals surface area contributed by atoms with Crippen LogP contribution < -0.4 is 16.2 Å². The quantitative estimate of drug-likeness (QED) is 0.599. The number of rotatable bonds is 7. The van der Waals surface area contributed by atoms with Crippen molar-refractivity contribution in [2.24, 2.45) is 11.7 Å². The zero-order chi connectivity index (χ0) is 21.8. The third-order valence-corrected chi connectivity index (χ3v) is 5.70. The van der Waals surface area contributed by atoms with Crippen molar-refractivity contribution in [3.63, 3.8) is 0 Å². The molecule has 1 atom stereocenters. The van der Waals surface area contributed by atoms with Crippen LogP contribution in [0.3, 0.4) is 0 Å². The first-order chi connectivity index (χ1) is 14.3. The fourth-order valence-electron chi connectivity index (χ4n) is 3.93. The van der Waals surface area contributed by atoms with Gasteiger partial charge in [-0.15, -0.1) is 0 Å². The number of benzene rings is 2. The number of likely N-dealkylation sites (tertiary alicyclic amines) is 1. The van der Waals surface area contributed by atoms with Crippen LogP contribution in [0.15, 0.2) is 30.3 Å². The van der Waals surface area contributed by atoms with Crippen LogP contribution in [0.25, 0.3) is 0 Å². The van der Waals surface area contributed by atoms with Crippen molar-refractivity contribution in [2.75, 3.05) is 32.5 Å². The fraction of sp³-hybridized carbons (Fsp3) is 0.409. The number of nitrogen functional groups attached to an aromatic ring is 1. The lowest BCUT2D eigenvalue weighted by Crippen LogP contribution is -2.37. The summed E-state index contributed by atoms with van der Waals surface area (Å²) in [6, 6.07) is 6.80. The smallest absolute Gasteiger partial charge is 0.252 e. The van der Waals surface area contributed by atoms with Crippen LogP contribution in [0.5, 0.6) is 5.75 Å². The van der Waals surface area contributed by atoms with E-state index in [-0.39, 0.29) is 0 Å². The van der Waals surface area contributed by atoms with Crippen molar-refractivity contribution in [2.45, 2.75) is 25.4 Å². The highest BCUT2D eigenvalue weighted by molar-refractivity contribution is 5.96. The van der Waals surface area contributed by atoms with Gasteiger partial charge in [0.05, 0.1) is 18.8 Å².